The summed E-state index contributed by atoms with van der Waals surface area (Å²) in [6.45, 7) is 8.89. The van der Waals surface area contributed by atoms with Crippen molar-refractivity contribution in [2.45, 2.75) is 71.9 Å². The Bertz CT molecular complexity index is 1080. The minimum atomic E-state index is -0.517. The van der Waals surface area contributed by atoms with Crippen molar-refractivity contribution in [3.8, 4) is 11.5 Å². The number of carbonyl (C=O) groups is 2. The highest BCUT2D eigenvalue weighted by Crippen LogP contribution is 2.30. The van der Waals surface area contributed by atoms with Gasteiger partial charge >= 0.3 is 6.09 Å². The van der Waals surface area contributed by atoms with Gasteiger partial charge in [-0.15, -0.1) is 0 Å². The number of nitrogens with zero attached hydrogens (tertiary/aromatic N) is 2. The molecule has 2 heterocycles. The first-order valence-corrected chi connectivity index (χ1v) is 12.9. The van der Waals surface area contributed by atoms with Gasteiger partial charge in [-0.05, 0) is 53.9 Å². The molecule has 0 bridgehead atoms. The molecule has 2 aromatic rings. The second-order valence-corrected chi connectivity index (χ2v) is 10.6. The molecular formula is C25H33Cl4N3O5. The number of amides is 1. The monoisotopic (exact) mass is 595 g/mol. The van der Waals surface area contributed by atoms with E-state index in [9.17, 15) is 9.59 Å². The average molecular weight is 597 g/mol. The van der Waals surface area contributed by atoms with Crippen LogP contribution in [0.3, 0.4) is 0 Å². The van der Waals surface area contributed by atoms with Crippen molar-refractivity contribution in [3.63, 3.8) is 0 Å². The molecule has 1 amide bonds. The Kier molecular flexibility index (Phi) is 13.8. The molecule has 1 atom stereocenters. The van der Waals surface area contributed by atoms with Gasteiger partial charge in [0.15, 0.2) is 0 Å². The topological polar surface area (TPSA) is 99.6 Å². The zero-order valence-electron chi connectivity index (χ0n) is 22.0. The van der Waals surface area contributed by atoms with E-state index in [0.29, 0.717) is 47.5 Å². The molecule has 0 spiro atoms. The molecule has 2 aromatic heterocycles. The van der Waals surface area contributed by atoms with E-state index in [1.165, 1.54) is 14.0 Å². The van der Waals surface area contributed by atoms with E-state index in [2.05, 4.69) is 15.3 Å². The average Bonchev–Trinajstić information content (AvgIpc) is 2.75. The summed E-state index contributed by atoms with van der Waals surface area (Å²) in [6, 6.07) is 3.13. The molecule has 0 aliphatic rings. The molecule has 8 nitrogen and oxygen atoms in total. The van der Waals surface area contributed by atoms with Crippen LogP contribution in [0, 0.1) is 0 Å². The predicted octanol–water partition coefficient (Wildman–Crippen LogP) is 7.16. The normalized spacial score (nSPS) is 11.6. The molecule has 0 saturated heterocycles. The summed E-state index contributed by atoms with van der Waals surface area (Å²) in [4.78, 5) is 30.5. The van der Waals surface area contributed by atoms with Gasteiger partial charge in [0, 0.05) is 35.7 Å². The van der Waals surface area contributed by atoms with Gasteiger partial charge in [0.25, 0.3) is 0 Å². The Morgan fingerprint density at radius 1 is 0.919 bits per heavy atom. The molecule has 37 heavy (non-hydrogen) atoms. The highest BCUT2D eigenvalue weighted by molar-refractivity contribution is 6.33. The SMILES string of the molecule is COc1cc(Cl)nc(Cl)c1CCC(C)=O.COc1cc(Cl)nc(Cl)c1CCC(C)NC(=O)OC(C)(C)C. The van der Waals surface area contributed by atoms with Crippen LogP contribution in [0.15, 0.2) is 12.1 Å². The van der Waals surface area contributed by atoms with Crippen molar-refractivity contribution < 1.29 is 23.8 Å². The third-order valence-corrected chi connectivity index (χ3v) is 5.77. The quantitative estimate of drug-likeness (QED) is 0.306. The lowest BCUT2D eigenvalue weighted by atomic mass is 10.1. The fraction of sp³-hybridized carbons (Fsp3) is 0.520. The summed E-state index contributed by atoms with van der Waals surface area (Å²) in [5, 5.41) is 3.95. The zero-order chi connectivity index (χ0) is 28.3. The third-order valence-electron chi connectivity index (χ3n) is 4.76. The number of methoxy groups -OCH3 is 2. The first-order chi connectivity index (χ1) is 17.2. The zero-order valence-corrected chi connectivity index (χ0v) is 25.0. The molecule has 0 aliphatic heterocycles. The van der Waals surface area contributed by atoms with E-state index >= 15 is 0 Å². The maximum absolute atomic E-state index is 11.7. The highest BCUT2D eigenvalue weighted by Gasteiger charge is 2.19. The van der Waals surface area contributed by atoms with Crippen molar-refractivity contribution in [2.75, 3.05) is 14.2 Å². The Balaban J connectivity index is 0.000000397. The minimum Gasteiger partial charge on any atom is -0.496 e. The first-order valence-electron chi connectivity index (χ1n) is 11.4. The van der Waals surface area contributed by atoms with Gasteiger partial charge in [0.05, 0.1) is 14.2 Å². The molecule has 2 rings (SSSR count). The first kappa shape index (κ1) is 33.0. The van der Waals surface area contributed by atoms with Crippen molar-refractivity contribution >= 4 is 58.3 Å². The lowest BCUT2D eigenvalue weighted by molar-refractivity contribution is -0.116. The van der Waals surface area contributed by atoms with Crippen LogP contribution in [0.5, 0.6) is 11.5 Å². The highest BCUT2D eigenvalue weighted by atomic mass is 35.5. The fourth-order valence-corrected chi connectivity index (χ4v) is 4.05. The Hall–Kier alpha value is -2.00. The van der Waals surface area contributed by atoms with Crippen LogP contribution in [-0.4, -0.2) is 47.7 Å². The number of nitrogens with one attached hydrogen (secondary N) is 1. The largest absolute Gasteiger partial charge is 0.496 e. The van der Waals surface area contributed by atoms with Gasteiger partial charge in [-0.1, -0.05) is 46.4 Å². The number of hydrogen-bond donors (Lipinski definition) is 1. The number of Topliss-reactive ketones (excluding diaryl/α,β-unsaturated/α-hetero) is 1. The number of hydrogen-bond acceptors (Lipinski definition) is 7. The Labute approximate surface area is 238 Å². The van der Waals surface area contributed by atoms with Crippen LogP contribution in [0.2, 0.25) is 20.6 Å². The van der Waals surface area contributed by atoms with Gasteiger partial charge < -0.3 is 24.3 Å². The van der Waals surface area contributed by atoms with E-state index in [4.69, 9.17) is 60.6 Å². The molecule has 12 heteroatoms. The third kappa shape index (κ3) is 12.4. The predicted molar refractivity (Wildman–Crippen MR) is 148 cm³/mol. The molecule has 0 saturated carbocycles. The Morgan fingerprint density at radius 2 is 1.38 bits per heavy atom. The van der Waals surface area contributed by atoms with Crippen molar-refractivity contribution in [1.82, 2.24) is 15.3 Å². The molecule has 206 valence electrons. The fourth-order valence-electron chi connectivity index (χ4n) is 3.04. The number of halogens is 4. The molecule has 0 aliphatic carbocycles. The van der Waals surface area contributed by atoms with E-state index in [1.807, 2.05) is 27.7 Å². The Morgan fingerprint density at radius 3 is 1.78 bits per heavy atom. The summed E-state index contributed by atoms with van der Waals surface area (Å²) in [6.07, 6.45) is 1.76. The van der Waals surface area contributed by atoms with Crippen LogP contribution in [0.25, 0.3) is 0 Å². The number of ketones is 1. The standard InChI is InChI=1S/C15H22Cl2N2O3.C10H11Cl2NO2/c1-9(18-14(20)22-15(2,3)4)6-7-10-11(21-5)8-12(16)19-13(10)17;1-6(14)3-4-7-8(15-2)5-9(11)13-10(7)12/h8-9H,6-7H2,1-5H3,(H,18,20);5H,3-4H2,1-2H3. The number of carbonyl (C=O) groups excluding carboxylic acids is 2. The van der Waals surface area contributed by atoms with Crippen molar-refractivity contribution in [1.29, 1.82) is 0 Å². The number of pyridine rings is 2. The van der Waals surface area contributed by atoms with Gasteiger partial charge in [0.2, 0.25) is 0 Å². The lowest BCUT2D eigenvalue weighted by Gasteiger charge is -2.22. The van der Waals surface area contributed by atoms with Gasteiger partial charge in [-0.3, -0.25) is 0 Å². The number of alkyl carbamates (subject to hydrolysis) is 1. The maximum Gasteiger partial charge on any atom is 0.407 e. The van der Waals surface area contributed by atoms with Crippen LogP contribution in [0.1, 0.15) is 58.6 Å². The smallest absolute Gasteiger partial charge is 0.407 e. The second-order valence-electron chi connectivity index (χ2n) is 9.12. The van der Waals surface area contributed by atoms with E-state index < -0.39 is 11.7 Å². The van der Waals surface area contributed by atoms with Crippen LogP contribution >= 0.6 is 46.4 Å². The maximum atomic E-state index is 11.7. The second kappa shape index (κ2) is 15.4. The molecule has 0 aromatic carbocycles. The summed E-state index contributed by atoms with van der Waals surface area (Å²) in [5.41, 5.74) is 0.973. The van der Waals surface area contributed by atoms with E-state index in [1.54, 1.807) is 19.2 Å². The lowest BCUT2D eigenvalue weighted by Crippen LogP contribution is -2.37. The van der Waals surface area contributed by atoms with Crippen molar-refractivity contribution in [3.05, 3.63) is 43.9 Å². The molecule has 0 fully saturated rings. The molecular weight excluding hydrogens is 564 g/mol. The van der Waals surface area contributed by atoms with Gasteiger partial charge in [-0.2, -0.15) is 0 Å². The van der Waals surface area contributed by atoms with Crippen molar-refractivity contribution in [2.24, 2.45) is 0 Å². The van der Waals surface area contributed by atoms with E-state index in [-0.39, 0.29) is 22.1 Å². The number of aromatic nitrogens is 2. The molecule has 0 radical (unpaired) electrons. The van der Waals surface area contributed by atoms with E-state index in [0.717, 1.165) is 11.1 Å². The van der Waals surface area contributed by atoms with Crippen LogP contribution < -0.4 is 14.8 Å². The summed E-state index contributed by atoms with van der Waals surface area (Å²) in [5.74, 6) is 1.26. The number of ether oxygens (including phenoxy) is 3. The van der Waals surface area contributed by atoms with Gasteiger partial charge in [0.1, 0.15) is 43.5 Å². The summed E-state index contributed by atoms with van der Waals surface area (Å²) in [7, 11) is 3.08. The molecule has 1 N–H and O–H groups in total. The van der Waals surface area contributed by atoms with Crippen LogP contribution in [0.4, 0.5) is 4.79 Å². The summed E-state index contributed by atoms with van der Waals surface area (Å²) >= 11 is 23.6. The molecule has 1 unspecified atom stereocenters. The number of rotatable bonds is 9. The summed E-state index contributed by atoms with van der Waals surface area (Å²) < 4.78 is 15.6. The van der Waals surface area contributed by atoms with Gasteiger partial charge in [-0.25, -0.2) is 14.8 Å². The minimum absolute atomic E-state index is 0.0775. The van der Waals surface area contributed by atoms with Crippen LogP contribution in [-0.2, 0) is 22.4 Å².